The van der Waals surface area contributed by atoms with Gasteiger partial charge in [-0.25, -0.2) is 9.78 Å². The van der Waals surface area contributed by atoms with E-state index in [2.05, 4.69) is 10.3 Å². The van der Waals surface area contributed by atoms with E-state index in [4.69, 9.17) is 4.74 Å². The van der Waals surface area contributed by atoms with Gasteiger partial charge in [-0.05, 0) is 37.5 Å². The third-order valence-corrected chi connectivity index (χ3v) is 7.52. The number of amides is 2. The number of likely N-dealkylation sites (tertiary alicyclic amines) is 1. The number of carbonyl (C=O) groups excluding carboxylic acids is 3. The minimum atomic E-state index is -4.62. The van der Waals surface area contributed by atoms with Gasteiger partial charge in [0, 0.05) is 30.8 Å². The molecule has 1 aliphatic rings. The van der Waals surface area contributed by atoms with Crippen LogP contribution in [-0.2, 0) is 22.1 Å². The van der Waals surface area contributed by atoms with Gasteiger partial charge in [-0.3, -0.25) is 9.59 Å². The predicted molar refractivity (Wildman–Crippen MR) is 139 cm³/mol. The fourth-order valence-corrected chi connectivity index (χ4v) is 5.49. The predicted octanol–water partition coefficient (Wildman–Crippen LogP) is 5.09. The average molecular weight is 560 g/mol. The third-order valence-electron chi connectivity index (χ3n) is 6.51. The Morgan fingerprint density at radius 3 is 2.41 bits per heavy atom. The monoisotopic (exact) mass is 559 g/mol. The zero-order valence-electron chi connectivity index (χ0n) is 21.2. The molecule has 0 radical (unpaired) electrons. The van der Waals surface area contributed by atoms with E-state index in [0.29, 0.717) is 17.8 Å². The molecule has 2 amide bonds. The number of halogens is 3. The number of nitrogens with one attached hydrogen (secondary N) is 1. The summed E-state index contributed by atoms with van der Waals surface area (Å²) in [4.78, 5) is 44.2. The van der Waals surface area contributed by atoms with Crippen molar-refractivity contribution in [3.05, 3.63) is 87.4 Å². The van der Waals surface area contributed by atoms with Gasteiger partial charge in [0.25, 0.3) is 11.8 Å². The first kappa shape index (κ1) is 28.3. The molecule has 4 rings (SSSR count). The minimum absolute atomic E-state index is 0.0383. The topological polar surface area (TPSA) is 88.6 Å². The lowest BCUT2D eigenvalue weighted by Gasteiger charge is -2.31. The molecule has 1 atom stereocenters. The van der Waals surface area contributed by atoms with Crippen LogP contribution in [0, 0.1) is 0 Å². The molecule has 1 aromatic heterocycles. The first-order chi connectivity index (χ1) is 18.7. The van der Waals surface area contributed by atoms with Crippen molar-refractivity contribution in [3.8, 4) is 0 Å². The van der Waals surface area contributed by atoms with Crippen LogP contribution in [0.5, 0.6) is 0 Å². The molecule has 11 heteroatoms. The zero-order valence-corrected chi connectivity index (χ0v) is 22.1. The molecule has 1 saturated heterocycles. The Balaban J connectivity index is 1.38. The highest BCUT2D eigenvalue weighted by atomic mass is 32.1. The van der Waals surface area contributed by atoms with E-state index in [-0.39, 0.29) is 43.3 Å². The van der Waals surface area contributed by atoms with Crippen LogP contribution >= 0.6 is 11.3 Å². The van der Waals surface area contributed by atoms with Crippen molar-refractivity contribution in [2.45, 2.75) is 44.3 Å². The lowest BCUT2D eigenvalue weighted by molar-refractivity contribution is -0.145. The van der Waals surface area contributed by atoms with Gasteiger partial charge < -0.3 is 15.0 Å². The SMILES string of the molecule is CCOC(=O)C(Cc1ccccc1)NC(=O)c1csc(C2CCN(C(=O)c3ccccc3C(F)(F)F)CC2)n1. The molecule has 0 bridgehead atoms. The minimum Gasteiger partial charge on any atom is -0.464 e. The van der Waals surface area contributed by atoms with Gasteiger partial charge in [0.15, 0.2) is 0 Å². The molecule has 1 N–H and O–H groups in total. The summed E-state index contributed by atoms with van der Waals surface area (Å²) in [5.41, 5.74) is -0.256. The summed E-state index contributed by atoms with van der Waals surface area (Å²) >= 11 is 1.31. The molecule has 2 aromatic carbocycles. The van der Waals surface area contributed by atoms with Gasteiger partial charge in [0.05, 0.1) is 22.7 Å². The summed E-state index contributed by atoms with van der Waals surface area (Å²) in [6.07, 6.45) is -3.33. The van der Waals surface area contributed by atoms with Crippen molar-refractivity contribution in [1.82, 2.24) is 15.2 Å². The van der Waals surface area contributed by atoms with Crippen LogP contribution in [0.4, 0.5) is 13.2 Å². The Hall–Kier alpha value is -3.73. The maximum absolute atomic E-state index is 13.4. The van der Waals surface area contributed by atoms with Crippen LogP contribution < -0.4 is 5.32 Å². The van der Waals surface area contributed by atoms with Crippen molar-refractivity contribution in [2.75, 3.05) is 19.7 Å². The van der Waals surface area contributed by atoms with Crippen molar-refractivity contribution in [2.24, 2.45) is 0 Å². The second-order valence-electron chi connectivity index (χ2n) is 9.15. The van der Waals surface area contributed by atoms with Crippen LogP contribution in [0.15, 0.2) is 60.0 Å². The second kappa shape index (κ2) is 12.4. The largest absolute Gasteiger partial charge is 0.464 e. The Labute approximate surface area is 228 Å². The van der Waals surface area contributed by atoms with E-state index in [1.807, 2.05) is 30.3 Å². The number of thiazole rings is 1. The number of piperidine rings is 1. The fourth-order valence-electron chi connectivity index (χ4n) is 4.51. The number of aromatic nitrogens is 1. The molecular formula is C28H28F3N3O4S. The molecule has 7 nitrogen and oxygen atoms in total. The quantitative estimate of drug-likeness (QED) is 0.389. The average Bonchev–Trinajstić information content (AvgIpc) is 3.43. The first-order valence-corrected chi connectivity index (χ1v) is 13.5. The summed E-state index contributed by atoms with van der Waals surface area (Å²) < 4.78 is 45.2. The number of ether oxygens (including phenoxy) is 1. The van der Waals surface area contributed by atoms with Gasteiger partial charge >= 0.3 is 12.1 Å². The van der Waals surface area contributed by atoms with Crippen molar-refractivity contribution >= 4 is 29.1 Å². The molecule has 3 aromatic rings. The van der Waals surface area contributed by atoms with Gasteiger partial charge in [0.1, 0.15) is 11.7 Å². The standard InChI is InChI=1S/C28H28F3N3O4S/c1-2-38-27(37)22(16-18-8-4-3-5-9-18)32-24(35)23-17-39-25(33-23)19-12-14-34(15-13-19)26(36)20-10-6-7-11-21(20)28(29,30)31/h3-11,17,19,22H,2,12-16H2,1H3,(H,32,35). The molecule has 0 aliphatic carbocycles. The maximum atomic E-state index is 13.4. The van der Waals surface area contributed by atoms with E-state index >= 15 is 0 Å². The third kappa shape index (κ3) is 7.03. The number of alkyl halides is 3. The molecule has 1 fully saturated rings. The Morgan fingerprint density at radius 2 is 1.74 bits per heavy atom. The van der Waals surface area contributed by atoms with Gasteiger partial charge in [-0.15, -0.1) is 11.3 Å². The van der Waals surface area contributed by atoms with Crippen LogP contribution in [-0.4, -0.2) is 53.4 Å². The van der Waals surface area contributed by atoms with Gasteiger partial charge in [-0.1, -0.05) is 42.5 Å². The lowest BCUT2D eigenvalue weighted by Crippen LogP contribution is -2.43. The molecule has 2 heterocycles. The number of hydrogen-bond acceptors (Lipinski definition) is 6. The van der Waals surface area contributed by atoms with Crippen LogP contribution in [0.1, 0.15) is 62.7 Å². The summed E-state index contributed by atoms with van der Waals surface area (Å²) in [5, 5.41) is 5.05. The number of rotatable bonds is 8. The van der Waals surface area contributed by atoms with Crippen LogP contribution in [0.2, 0.25) is 0 Å². The Bertz CT molecular complexity index is 1300. The highest BCUT2D eigenvalue weighted by Gasteiger charge is 2.37. The number of carbonyl (C=O) groups is 3. The smallest absolute Gasteiger partial charge is 0.417 e. The molecule has 39 heavy (non-hydrogen) atoms. The van der Waals surface area contributed by atoms with Crippen LogP contribution in [0.3, 0.4) is 0 Å². The Kier molecular flexibility index (Phi) is 9.01. The van der Waals surface area contributed by atoms with Crippen molar-refractivity contribution < 1.29 is 32.3 Å². The van der Waals surface area contributed by atoms with E-state index < -0.39 is 35.6 Å². The summed E-state index contributed by atoms with van der Waals surface area (Å²) in [6.45, 7) is 2.43. The Morgan fingerprint density at radius 1 is 1.08 bits per heavy atom. The van der Waals surface area contributed by atoms with Gasteiger partial charge in [0.2, 0.25) is 0 Å². The maximum Gasteiger partial charge on any atom is 0.417 e. The number of esters is 1. The normalized spacial score (nSPS) is 15.0. The zero-order chi connectivity index (χ0) is 28.0. The summed E-state index contributed by atoms with van der Waals surface area (Å²) in [5.74, 6) is -1.72. The lowest BCUT2D eigenvalue weighted by atomic mass is 9.96. The van der Waals surface area contributed by atoms with Crippen LogP contribution in [0.25, 0.3) is 0 Å². The van der Waals surface area contributed by atoms with E-state index in [9.17, 15) is 27.6 Å². The number of nitrogens with zero attached hydrogens (tertiary/aromatic N) is 2. The number of benzene rings is 2. The van der Waals surface area contributed by atoms with E-state index in [1.165, 1.54) is 34.4 Å². The molecule has 206 valence electrons. The van der Waals surface area contributed by atoms with Gasteiger partial charge in [-0.2, -0.15) is 13.2 Å². The first-order valence-electron chi connectivity index (χ1n) is 12.6. The molecule has 0 saturated carbocycles. The number of hydrogen-bond donors (Lipinski definition) is 1. The molecular weight excluding hydrogens is 531 g/mol. The molecule has 1 unspecified atom stereocenters. The molecule has 0 spiro atoms. The van der Waals surface area contributed by atoms with E-state index in [0.717, 1.165) is 11.6 Å². The highest BCUT2D eigenvalue weighted by Crippen LogP contribution is 2.34. The summed E-state index contributed by atoms with van der Waals surface area (Å²) in [6, 6.07) is 13.2. The highest BCUT2D eigenvalue weighted by molar-refractivity contribution is 7.09. The van der Waals surface area contributed by atoms with Crippen molar-refractivity contribution in [1.29, 1.82) is 0 Å². The van der Waals surface area contributed by atoms with Crippen molar-refractivity contribution in [3.63, 3.8) is 0 Å². The summed E-state index contributed by atoms with van der Waals surface area (Å²) in [7, 11) is 0. The second-order valence-corrected chi connectivity index (χ2v) is 10.0. The molecule has 1 aliphatic heterocycles. The van der Waals surface area contributed by atoms with E-state index in [1.54, 1.807) is 12.3 Å². The fraction of sp³-hybridized carbons (Fsp3) is 0.357.